The number of hydrogen-bond donors (Lipinski definition) is 2. The second-order valence-electron chi connectivity index (χ2n) is 5.47. The highest BCUT2D eigenvalue weighted by Gasteiger charge is 2.03. The first-order valence-electron chi connectivity index (χ1n) is 7.93. The van der Waals surface area contributed by atoms with Gasteiger partial charge >= 0.3 is 0 Å². The third-order valence-electron chi connectivity index (χ3n) is 3.72. The maximum atomic E-state index is 5.64. The maximum absolute atomic E-state index is 5.64. The lowest BCUT2D eigenvalue weighted by atomic mass is 10.1. The van der Waals surface area contributed by atoms with E-state index in [1.807, 2.05) is 31.2 Å². The van der Waals surface area contributed by atoms with Crippen LogP contribution < -0.4 is 15.4 Å². The van der Waals surface area contributed by atoms with Crippen molar-refractivity contribution in [1.82, 2.24) is 5.32 Å². The van der Waals surface area contributed by atoms with E-state index in [9.17, 15) is 0 Å². The fraction of sp³-hybridized carbons (Fsp3) is 0.316. The Morgan fingerprint density at radius 1 is 1.09 bits per heavy atom. The van der Waals surface area contributed by atoms with E-state index >= 15 is 0 Å². The summed E-state index contributed by atoms with van der Waals surface area (Å²) in [6.45, 7) is 7.64. The average molecular weight is 328 g/mol. The monoisotopic (exact) mass is 328 g/mol. The minimum Gasteiger partial charge on any atom is -0.494 e. The highest BCUT2D eigenvalue weighted by atomic mass is 32.1. The smallest absolute Gasteiger partial charge is 0.170 e. The highest BCUT2D eigenvalue weighted by molar-refractivity contribution is 7.80. The van der Waals surface area contributed by atoms with Gasteiger partial charge in [0, 0.05) is 12.2 Å². The molecular weight excluding hydrogens is 304 g/mol. The molecule has 0 unspecified atom stereocenters. The van der Waals surface area contributed by atoms with Gasteiger partial charge in [-0.25, -0.2) is 0 Å². The molecule has 122 valence electrons. The molecule has 0 aromatic heterocycles. The van der Waals surface area contributed by atoms with Gasteiger partial charge in [-0.2, -0.15) is 0 Å². The van der Waals surface area contributed by atoms with Crippen molar-refractivity contribution in [2.24, 2.45) is 0 Å². The van der Waals surface area contributed by atoms with Crippen molar-refractivity contribution in [3.63, 3.8) is 0 Å². The van der Waals surface area contributed by atoms with Crippen molar-refractivity contribution in [3.05, 3.63) is 59.2 Å². The van der Waals surface area contributed by atoms with Gasteiger partial charge in [0.15, 0.2) is 5.11 Å². The van der Waals surface area contributed by atoms with Crippen molar-refractivity contribution < 1.29 is 4.74 Å². The Labute approximate surface area is 144 Å². The molecule has 0 saturated heterocycles. The van der Waals surface area contributed by atoms with Crippen molar-refractivity contribution >= 4 is 23.0 Å². The van der Waals surface area contributed by atoms with Crippen LogP contribution in [0.2, 0.25) is 0 Å². The molecule has 0 atom stereocenters. The van der Waals surface area contributed by atoms with Crippen LogP contribution in [0.4, 0.5) is 5.69 Å². The Balaban J connectivity index is 1.84. The summed E-state index contributed by atoms with van der Waals surface area (Å²) < 4.78 is 5.64. The van der Waals surface area contributed by atoms with Gasteiger partial charge in [-0.1, -0.05) is 24.3 Å². The topological polar surface area (TPSA) is 33.3 Å². The standard InChI is InChI=1S/C19H24N2OS/c1-4-22-18-8-6-5-7-16(18)11-12-20-19(23)21-17-10-9-14(2)15(3)13-17/h5-10,13H,4,11-12H2,1-3H3,(H2,20,21,23). The third-order valence-corrected chi connectivity index (χ3v) is 3.96. The molecule has 3 nitrogen and oxygen atoms in total. The number of thiocarbonyl (C=S) groups is 1. The zero-order valence-electron chi connectivity index (χ0n) is 14.0. The van der Waals surface area contributed by atoms with Crippen LogP contribution in [0.25, 0.3) is 0 Å². The van der Waals surface area contributed by atoms with Crippen molar-refractivity contribution in [3.8, 4) is 5.75 Å². The van der Waals surface area contributed by atoms with Crippen LogP contribution in [0.3, 0.4) is 0 Å². The van der Waals surface area contributed by atoms with Gasteiger partial charge in [-0.3, -0.25) is 0 Å². The average Bonchev–Trinajstić information content (AvgIpc) is 2.53. The van der Waals surface area contributed by atoms with Crippen LogP contribution in [-0.2, 0) is 6.42 Å². The van der Waals surface area contributed by atoms with Crippen molar-refractivity contribution in [2.75, 3.05) is 18.5 Å². The Morgan fingerprint density at radius 3 is 2.61 bits per heavy atom. The Hall–Kier alpha value is -2.07. The van der Waals surface area contributed by atoms with E-state index in [4.69, 9.17) is 17.0 Å². The molecule has 2 N–H and O–H groups in total. The van der Waals surface area contributed by atoms with E-state index in [2.05, 4.69) is 42.7 Å². The number of nitrogens with one attached hydrogen (secondary N) is 2. The predicted molar refractivity (Wildman–Crippen MR) is 101 cm³/mol. The second-order valence-corrected chi connectivity index (χ2v) is 5.88. The first-order valence-corrected chi connectivity index (χ1v) is 8.33. The minimum atomic E-state index is 0.641. The molecule has 0 aliphatic rings. The highest BCUT2D eigenvalue weighted by Crippen LogP contribution is 2.18. The number of aryl methyl sites for hydroxylation is 2. The Kier molecular flexibility index (Phi) is 6.41. The van der Waals surface area contributed by atoms with E-state index in [1.165, 1.54) is 16.7 Å². The Bertz CT molecular complexity index is 670. The maximum Gasteiger partial charge on any atom is 0.170 e. The predicted octanol–water partition coefficient (Wildman–Crippen LogP) is 4.23. The summed E-state index contributed by atoms with van der Waals surface area (Å²) >= 11 is 5.36. The zero-order valence-corrected chi connectivity index (χ0v) is 14.8. The lowest BCUT2D eigenvalue weighted by molar-refractivity contribution is 0.336. The lowest BCUT2D eigenvalue weighted by Crippen LogP contribution is -2.30. The summed E-state index contributed by atoms with van der Waals surface area (Å²) in [5.74, 6) is 0.949. The van der Waals surface area contributed by atoms with E-state index in [1.54, 1.807) is 0 Å². The third kappa shape index (κ3) is 5.25. The zero-order chi connectivity index (χ0) is 16.7. The van der Waals surface area contributed by atoms with Gasteiger partial charge in [-0.15, -0.1) is 0 Å². The fourth-order valence-corrected chi connectivity index (χ4v) is 2.53. The van der Waals surface area contributed by atoms with Gasteiger partial charge in [0.1, 0.15) is 5.75 Å². The summed E-state index contributed by atoms with van der Waals surface area (Å²) in [4.78, 5) is 0. The second kappa shape index (κ2) is 8.53. The lowest BCUT2D eigenvalue weighted by Gasteiger charge is -2.13. The van der Waals surface area contributed by atoms with Gasteiger partial charge in [0.2, 0.25) is 0 Å². The number of hydrogen-bond acceptors (Lipinski definition) is 2. The van der Waals surface area contributed by atoms with Gasteiger partial charge in [0.05, 0.1) is 6.61 Å². The van der Waals surface area contributed by atoms with Crippen LogP contribution >= 0.6 is 12.2 Å². The van der Waals surface area contributed by atoms with E-state index < -0.39 is 0 Å². The Morgan fingerprint density at radius 2 is 1.87 bits per heavy atom. The van der Waals surface area contributed by atoms with Gasteiger partial charge in [-0.05, 0) is 74.3 Å². The molecular formula is C19H24N2OS. The molecule has 2 aromatic carbocycles. The number of anilines is 1. The van der Waals surface area contributed by atoms with Crippen LogP contribution in [0.1, 0.15) is 23.6 Å². The molecule has 0 aliphatic carbocycles. The van der Waals surface area contributed by atoms with Crippen molar-refractivity contribution in [1.29, 1.82) is 0 Å². The van der Waals surface area contributed by atoms with E-state index in [-0.39, 0.29) is 0 Å². The molecule has 0 spiro atoms. The summed E-state index contributed by atoms with van der Waals surface area (Å²) in [6.07, 6.45) is 0.866. The first kappa shape index (κ1) is 17.3. The molecule has 0 radical (unpaired) electrons. The summed E-state index contributed by atoms with van der Waals surface area (Å²) in [5.41, 5.74) is 4.74. The molecule has 4 heteroatoms. The molecule has 0 saturated carbocycles. The molecule has 0 heterocycles. The number of rotatable bonds is 6. The van der Waals surface area contributed by atoms with Gasteiger partial charge < -0.3 is 15.4 Å². The molecule has 0 bridgehead atoms. The minimum absolute atomic E-state index is 0.641. The number of benzene rings is 2. The quantitative estimate of drug-likeness (QED) is 0.778. The van der Waals surface area contributed by atoms with E-state index in [0.29, 0.717) is 11.7 Å². The van der Waals surface area contributed by atoms with Crippen LogP contribution in [-0.4, -0.2) is 18.3 Å². The van der Waals surface area contributed by atoms with E-state index in [0.717, 1.165) is 24.4 Å². The summed E-state index contributed by atoms with van der Waals surface area (Å²) in [6, 6.07) is 14.4. The molecule has 2 rings (SSSR count). The molecule has 23 heavy (non-hydrogen) atoms. The largest absolute Gasteiger partial charge is 0.494 e. The van der Waals surface area contributed by atoms with Crippen molar-refractivity contribution in [2.45, 2.75) is 27.2 Å². The molecule has 0 amide bonds. The molecule has 0 aliphatic heterocycles. The number of para-hydroxylation sites is 1. The fourth-order valence-electron chi connectivity index (χ4n) is 2.31. The van der Waals surface area contributed by atoms with Crippen LogP contribution in [0, 0.1) is 13.8 Å². The van der Waals surface area contributed by atoms with Crippen LogP contribution in [0.5, 0.6) is 5.75 Å². The van der Waals surface area contributed by atoms with Crippen LogP contribution in [0.15, 0.2) is 42.5 Å². The summed E-state index contributed by atoms with van der Waals surface area (Å²) in [7, 11) is 0. The van der Waals surface area contributed by atoms with Gasteiger partial charge in [0.25, 0.3) is 0 Å². The molecule has 2 aromatic rings. The summed E-state index contributed by atoms with van der Waals surface area (Å²) in [5, 5.41) is 7.11. The normalized spacial score (nSPS) is 10.2. The number of ether oxygens (including phenoxy) is 1. The SMILES string of the molecule is CCOc1ccccc1CCNC(=S)Nc1ccc(C)c(C)c1. The molecule has 0 fully saturated rings. The first-order chi connectivity index (χ1) is 11.1.